The van der Waals surface area contributed by atoms with Gasteiger partial charge in [0, 0.05) is 16.5 Å². The number of ether oxygens (including phenoxy) is 1. The highest BCUT2D eigenvalue weighted by Crippen LogP contribution is 2.40. The first-order valence-electron chi connectivity index (χ1n) is 7.06. The predicted octanol–water partition coefficient (Wildman–Crippen LogP) is 3.10. The molecule has 0 fully saturated rings. The Hall–Kier alpha value is -3.09. The van der Waals surface area contributed by atoms with Crippen molar-refractivity contribution in [1.82, 2.24) is 20.1 Å². The predicted molar refractivity (Wildman–Crippen MR) is 84.6 cm³/mol. The van der Waals surface area contributed by atoms with Crippen molar-refractivity contribution in [1.29, 1.82) is 0 Å². The van der Waals surface area contributed by atoms with E-state index >= 15 is 0 Å². The number of nitrogens with zero attached hydrogens (tertiary/aromatic N) is 3. The minimum atomic E-state index is -0.0617. The highest BCUT2D eigenvalue weighted by Gasteiger charge is 2.19. The summed E-state index contributed by atoms with van der Waals surface area (Å²) >= 11 is 0. The van der Waals surface area contributed by atoms with Crippen LogP contribution in [-0.2, 0) is 0 Å². The van der Waals surface area contributed by atoms with E-state index < -0.39 is 0 Å². The Kier molecular flexibility index (Phi) is 2.77. The molecule has 0 radical (unpaired) electrons. The third kappa shape index (κ3) is 1.86. The molecule has 1 aromatic carbocycles. The number of hydrogen-bond donors (Lipinski definition) is 2. The van der Waals surface area contributed by atoms with Crippen molar-refractivity contribution in [2.45, 2.75) is 13.8 Å². The van der Waals surface area contributed by atoms with Gasteiger partial charge in [-0.1, -0.05) is 5.16 Å². The van der Waals surface area contributed by atoms with E-state index in [0.29, 0.717) is 16.8 Å². The van der Waals surface area contributed by atoms with Crippen molar-refractivity contribution in [2.75, 3.05) is 7.11 Å². The number of fused-ring (bicyclic) bond motifs is 3. The summed E-state index contributed by atoms with van der Waals surface area (Å²) in [4.78, 5) is 11.2. The van der Waals surface area contributed by atoms with Gasteiger partial charge in [-0.05, 0) is 26.0 Å². The molecule has 0 aliphatic rings. The molecule has 4 rings (SSSR count). The number of aromatic amines is 1. The van der Waals surface area contributed by atoms with E-state index in [4.69, 9.17) is 9.26 Å². The molecule has 2 N–H and O–H groups in total. The molecular formula is C16H14N4O3. The SMILES string of the molecule is COc1cc2c(cc1-c1c(C)noc1C)[nH]c1ncnc(O)c12. The lowest BCUT2D eigenvalue weighted by atomic mass is 10.0. The van der Waals surface area contributed by atoms with Crippen molar-refractivity contribution in [3.8, 4) is 22.8 Å². The van der Waals surface area contributed by atoms with Crippen LogP contribution in [0.2, 0.25) is 0 Å². The fraction of sp³-hybridized carbons (Fsp3) is 0.188. The number of aromatic nitrogens is 4. The Bertz CT molecular complexity index is 1030. The minimum absolute atomic E-state index is 0.0617. The van der Waals surface area contributed by atoms with Gasteiger partial charge >= 0.3 is 0 Å². The average molecular weight is 310 g/mol. The molecule has 116 valence electrons. The fourth-order valence-corrected chi connectivity index (χ4v) is 2.97. The van der Waals surface area contributed by atoms with Crippen LogP contribution in [0.1, 0.15) is 11.5 Å². The van der Waals surface area contributed by atoms with E-state index in [-0.39, 0.29) is 5.88 Å². The number of rotatable bonds is 2. The van der Waals surface area contributed by atoms with Gasteiger partial charge < -0.3 is 19.4 Å². The Balaban J connectivity index is 2.11. The zero-order valence-corrected chi connectivity index (χ0v) is 12.8. The molecule has 0 aliphatic carbocycles. The Morgan fingerprint density at radius 1 is 1.22 bits per heavy atom. The largest absolute Gasteiger partial charge is 0.496 e. The molecule has 0 amide bonds. The molecule has 0 spiro atoms. The quantitative estimate of drug-likeness (QED) is 0.590. The normalized spacial score (nSPS) is 11.4. The van der Waals surface area contributed by atoms with Crippen LogP contribution in [-0.4, -0.2) is 32.3 Å². The van der Waals surface area contributed by atoms with Crippen molar-refractivity contribution >= 4 is 21.9 Å². The lowest BCUT2D eigenvalue weighted by molar-refractivity contribution is 0.393. The molecule has 23 heavy (non-hydrogen) atoms. The van der Waals surface area contributed by atoms with Gasteiger partial charge in [0.15, 0.2) is 0 Å². The molecule has 0 atom stereocenters. The molecule has 3 aromatic heterocycles. The van der Waals surface area contributed by atoms with Crippen LogP contribution in [0.5, 0.6) is 11.6 Å². The molecule has 7 nitrogen and oxygen atoms in total. The summed E-state index contributed by atoms with van der Waals surface area (Å²) in [5, 5.41) is 15.4. The summed E-state index contributed by atoms with van der Waals surface area (Å²) in [7, 11) is 1.61. The second kappa shape index (κ2) is 4.70. The fourth-order valence-electron chi connectivity index (χ4n) is 2.97. The van der Waals surface area contributed by atoms with E-state index in [0.717, 1.165) is 33.5 Å². The van der Waals surface area contributed by atoms with Gasteiger partial charge in [0.2, 0.25) is 5.88 Å². The van der Waals surface area contributed by atoms with E-state index in [2.05, 4.69) is 20.1 Å². The summed E-state index contributed by atoms with van der Waals surface area (Å²) < 4.78 is 10.8. The van der Waals surface area contributed by atoms with Crippen LogP contribution in [0.3, 0.4) is 0 Å². The first-order chi connectivity index (χ1) is 11.1. The van der Waals surface area contributed by atoms with Crippen molar-refractivity contribution < 1.29 is 14.4 Å². The molecule has 0 bridgehead atoms. The summed E-state index contributed by atoms with van der Waals surface area (Å²) in [5.41, 5.74) is 3.96. The Morgan fingerprint density at radius 2 is 2.04 bits per heavy atom. The molecule has 0 saturated carbocycles. The van der Waals surface area contributed by atoms with Gasteiger partial charge in [-0.15, -0.1) is 0 Å². The topological polar surface area (TPSA) is 97.1 Å². The molecule has 4 aromatic rings. The maximum Gasteiger partial charge on any atom is 0.224 e. The van der Waals surface area contributed by atoms with Crippen LogP contribution in [0.15, 0.2) is 23.0 Å². The first kappa shape index (κ1) is 13.6. The number of H-pyrrole nitrogens is 1. The van der Waals surface area contributed by atoms with Crippen LogP contribution in [0.25, 0.3) is 33.1 Å². The van der Waals surface area contributed by atoms with Gasteiger partial charge in [-0.3, -0.25) is 0 Å². The highest BCUT2D eigenvalue weighted by molar-refractivity contribution is 6.10. The van der Waals surface area contributed by atoms with Gasteiger partial charge in [0.05, 0.1) is 23.8 Å². The van der Waals surface area contributed by atoms with Gasteiger partial charge in [0.25, 0.3) is 0 Å². The number of aromatic hydroxyl groups is 1. The van der Waals surface area contributed by atoms with E-state index in [1.165, 1.54) is 6.33 Å². The minimum Gasteiger partial charge on any atom is -0.496 e. The summed E-state index contributed by atoms with van der Waals surface area (Å²) in [6.07, 6.45) is 1.32. The van der Waals surface area contributed by atoms with Crippen molar-refractivity contribution in [2.24, 2.45) is 0 Å². The third-order valence-electron chi connectivity index (χ3n) is 3.99. The molecule has 0 aliphatic heterocycles. The van der Waals surface area contributed by atoms with Gasteiger partial charge in [0.1, 0.15) is 23.5 Å². The number of methoxy groups -OCH3 is 1. The zero-order valence-electron chi connectivity index (χ0n) is 12.8. The molecule has 3 heterocycles. The van der Waals surface area contributed by atoms with Crippen LogP contribution >= 0.6 is 0 Å². The monoisotopic (exact) mass is 310 g/mol. The molecular weight excluding hydrogens is 296 g/mol. The van der Waals surface area contributed by atoms with E-state index in [9.17, 15) is 5.11 Å². The standard InChI is InChI=1S/C16H14N4O3/c1-7-13(8(2)23-20-7)10-4-11-9(5-12(10)22-3)14-15(19-11)17-6-18-16(14)21/h4-6H,1-3H3,(H2,17,18,19,21). The Morgan fingerprint density at radius 3 is 2.74 bits per heavy atom. The number of hydrogen-bond acceptors (Lipinski definition) is 6. The second-order valence-electron chi connectivity index (χ2n) is 5.34. The van der Waals surface area contributed by atoms with Crippen LogP contribution in [0, 0.1) is 13.8 Å². The van der Waals surface area contributed by atoms with Gasteiger partial charge in [-0.25, -0.2) is 9.97 Å². The average Bonchev–Trinajstić information content (AvgIpc) is 3.06. The summed E-state index contributed by atoms with van der Waals surface area (Å²) in [6, 6.07) is 3.81. The highest BCUT2D eigenvalue weighted by atomic mass is 16.5. The maximum atomic E-state index is 10.0. The maximum absolute atomic E-state index is 10.0. The number of aryl methyl sites for hydroxylation is 2. The lowest BCUT2D eigenvalue weighted by Gasteiger charge is -2.09. The smallest absolute Gasteiger partial charge is 0.224 e. The van der Waals surface area contributed by atoms with Crippen molar-refractivity contribution in [3.63, 3.8) is 0 Å². The van der Waals surface area contributed by atoms with Gasteiger partial charge in [-0.2, -0.15) is 0 Å². The second-order valence-corrected chi connectivity index (χ2v) is 5.34. The van der Waals surface area contributed by atoms with Crippen LogP contribution < -0.4 is 4.74 Å². The summed E-state index contributed by atoms with van der Waals surface area (Å²) in [5.74, 6) is 1.32. The Labute approximate surface area is 130 Å². The van der Waals surface area contributed by atoms with Crippen LogP contribution in [0.4, 0.5) is 0 Å². The lowest BCUT2D eigenvalue weighted by Crippen LogP contribution is -1.90. The first-order valence-corrected chi connectivity index (χ1v) is 7.06. The zero-order chi connectivity index (χ0) is 16.1. The van der Waals surface area contributed by atoms with Crippen molar-refractivity contribution in [3.05, 3.63) is 29.9 Å². The van der Waals surface area contributed by atoms with E-state index in [1.54, 1.807) is 7.11 Å². The third-order valence-corrected chi connectivity index (χ3v) is 3.99. The summed E-state index contributed by atoms with van der Waals surface area (Å²) in [6.45, 7) is 3.75. The molecule has 0 saturated heterocycles. The number of nitrogens with one attached hydrogen (secondary N) is 1. The molecule has 0 unspecified atom stereocenters. The molecule has 7 heteroatoms. The number of benzene rings is 1. The van der Waals surface area contributed by atoms with E-state index in [1.807, 2.05) is 26.0 Å².